The standard InChI is InChI=1S/C19H17Cl2NO4.C15H22ClNO2.C14H13NO7S.C3H8NO5P/c1-2-26-19(25)16(21)10-11-9-12(7-8-15(11)20)22-17(23)13-5-3-4-6-14(13)18(22)24;1-5-13-8-6-7-11(2)15(13)17(14(18)9-16)12(3)10-19-4;1-23(21,22)8-5-6-9(10(7-8)15(19)20)14(18)13-11(16)3-2-4-12(13)17;5-3(6)1-4-2-10(7,8)9/h7-10H,2-6H2,1H3;6-8,12H,5,9-10H2,1-4H3;5-7,13H,2-4H2,1H3;4H,1-2H2,(H,5,6)(H2,7,8,9)/b16-10-;;;. The van der Waals surface area contributed by atoms with Gasteiger partial charge in [0, 0.05) is 48.4 Å². The van der Waals surface area contributed by atoms with Crippen molar-refractivity contribution in [1.82, 2.24) is 5.32 Å². The second-order valence-corrected chi connectivity index (χ2v) is 22.3. The largest absolute Gasteiger partial charge is 0.480 e. The number of ether oxygens (including phenoxy) is 2. The summed E-state index contributed by atoms with van der Waals surface area (Å²) in [6.45, 7) is 8.00. The van der Waals surface area contributed by atoms with Crippen LogP contribution in [0.5, 0.6) is 0 Å². The molecule has 3 aromatic carbocycles. The van der Waals surface area contributed by atoms with Gasteiger partial charge < -0.3 is 29.3 Å². The quantitative estimate of drug-likeness (QED) is 0.0112. The minimum atomic E-state index is -4.10. The van der Waals surface area contributed by atoms with Gasteiger partial charge in [0.2, 0.25) is 5.91 Å². The van der Waals surface area contributed by atoms with Gasteiger partial charge in [0.25, 0.3) is 17.5 Å². The number of ketones is 3. The molecule has 1 fully saturated rings. The number of sulfone groups is 1. The highest BCUT2D eigenvalue weighted by Gasteiger charge is 2.41. The number of carbonyl (C=O) groups excluding carboxylic acids is 7. The summed E-state index contributed by atoms with van der Waals surface area (Å²) in [6, 6.07) is 13.6. The van der Waals surface area contributed by atoms with Gasteiger partial charge in [-0.15, -0.1) is 11.6 Å². The zero-order chi connectivity index (χ0) is 58.8. The summed E-state index contributed by atoms with van der Waals surface area (Å²) in [6.07, 6.45) is 6.10. The first-order chi connectivity index (χ1) is 36.5. The van der Waals surface area contributed by atoms with Crippen LogP contribution in [0.15, 0.2) is 75.7 Å². The average molecular weight is 1190 g/mol. The summed E-state index contributed by atoms with van der Waals surface area (Å²) < 4.78 is 43.0. The van der Waals surface area contributed by atoms with Crippen molar-refractivity contribution >= 4 is 122 Å². The number of methoxy groups -OCH3 is 1. The highest BCUT2D eigenvalue weighted by atomic mass is 35.5. The monoisotopic (exact) mass is 1180 g/mol. The summed E-state index contributed by atoms with van der Waals surface area (Å²) in [5.41, 5.74) is 4.09. The van der Waals surface area contributed by atoms with Crippen LogP contribution in [-0.2, 0) is 63.9 Å². The molecule has 0 radical (unpaired) electrons. The molecule has 78 heavy (non-hydrogen) atoms. The van der Waals surface area contributed by atoms with Gasteiger partial charge in [-0.05, 0) is 112 Å². The molecule has 22 nitrogen and oxygen atoms in total. The number of anilines is 2. The lowest BCUT2D eigenvalue weighted by Gasteiger charge is -2.31. The Hall–Kier alpha value is -6.01. The van der Waals surface area contributed by atoms with Crippen molar-refractivity contribution in [2.75, 3.05) is 55.1 Å². The van der Waals surface area contributed by atoms with Gasteiger partial charge in [-0.2, -0.15) is 0 Å². The number of aryl methyl sites for hydroxylation is 2. The summed E-state index contributed by atoms with van der Waals surface area (Å²) in [4.78, 5) is 124. The van der Waals surface area contributed by atoms with Crippen molar-refractivity contribution in [3.63, 3.8) is 0 Å². The molecule has 1 aliphatic heterocycles. The number of Topliss-reactive ketones (excluding diaryl/α,β-unsaturated/α-hetero) is 3. The van der Waals surface area contributed by atoms with Crippen LogP contribution in [0.1, 0.15) is 92.8 Å². The third-order valence-electron chi connectivity index (χ3n) is 11.8. The Morgan fingerprint density at radius 1 is 0.962 bits per heavy atom. The molecule has 6 rings (SSSR count). The molecule has 1 unspecified atom stereocenters. The summed E-state index contributed by atoms with van der Waals surface area (Å²) in [7, 11) is -6.16. The third-order valence-corrected chi connectivity index (χ3v) is 14.3. The molecule has 3 aromatic rings. The van der Waals surface area contributed by atoms with Crippen LogP contribution in [0.3, 0.4) is 0 Å². The molecule has 0 saturated heterocycles. The Balaban J connectivity index is 0.000000286. The second kappa shape index (κ2) is 30.4. The van der Waals surface area contributed by atoms with E-state index < -0.39 is 81.6 Å². The normalized spacial score (nSPS) is 15.2. The van der Waals surface area contributed by atoms with E-state index in [0.717, 1.165) is 60.5 Å². The molecule has 1 atom stereocenters. The Morgan fingerprint density at radius 3 is 2.06 bits per heavy atom. The molecule has 0 bridgehead atoms. The lowest BCUT2D eigenvalue weighted by Crippen LogP contribution is -2.43. The molecular weight excluding hydrogens is 1130 g/mol. The molecule has 0 spiro atoms. The first kappa shape index (κ1) is 66.3. The van der Waals surface area contributed by atoms with E-state index in [0.29, 0.717) is 53.3 Å². The van der Waals surface area contributed by atoms with Crippen LogP contribution >= 0.6 is 42.4 Å². The number of carboxylic acid groups (broad SMARTS) is 1. The van der Waals surface area contributed by atoms with E-state index in [-0.39, 0.29) is 59.0 Å². The van der Waals surface area contributed by atoms with Crippen molar-refractivity contribution in [2.24, 2.45) is 5.92 Å². The number of amides is 3. The highest BCUT2D eigenvalue weighted by Crippen LogP contribution is 2.38. The van der Waals surface area contributed by atoms with E-state index in [2.05, 4.69) is 18.3 Å². The summed E-state index contributed by atoms with van der Waals surface area (Å²) in [5, 5.41) is 21.4. The maximum absolute atomic E-state index is 12.7. The van der Waals surface area contributed by atoms with Crippen molar-refractivity contribution in [2.45, 2.75) is 90.0 Å². The first-order valence-corrected chi connectivity index (χ1v) is 29.0. The number of aliphatic carboxylic acids is 1. The number of hydrogen-bond donors (Lipinski definition) is 4. The Kier molecular flexibility index (Phi) is 25.8. The Labute approximate surface area is 465 Å². The number of rotatable bonds is 18. The zero-order valence-corrected chi connectivity index (χ0v) is 47.4. The van der Waals surface area contributed by atoms with Gasteiger partial charge in [0.05, 0.1) is 58.8 Å². The number of nitro benzene ring substituents is 1. The molecule has 27 heteroatoms. The maximum atomic E-state index is 12.7. The van der Waals surface area contributed by atoms with Crippen molar-refractivity contribution in [1.29, 1.82) is 0 Å². The lowest BCUT2D eigenvalue weighted by molar-refractivity contribution is -0.385. The van der Waals surface area contributed by atoms with Gasteiger partial charge >= 0.3 is 19.5 Å². The molecule has 1 saturated carbocycles. The maximum Gasteiger partial charge on any atom is 0.349 e. The van der Waals surface area contributed by atoms with Crippen LogP contribution in [0.25, 0.3) is 6.08 Å². The predicted molar refractivity (Wildman–Crippen MR) is 290 cm³/mol. The fourth-order valence-corrected chi connectivity index (χ4v) is 9.75. The first-order valence-electron chi connectivity index (χ1n) is 24.0. The molecule has 3 aliphatic rings. The van der Waals surface area contributed by atoms with E-state index in [9.17, 15) is 61.5 Å². The number of esters is 1. The van der Waals surface area contributed by atoms with E-state index in [1.165, 1.54) is 11.0 Å². The Bertz CT molecular complexity index is 2990. The van der Waals surface area contributed by atoms with Crippen molar-refractivity contribution in [3.05, 3.63) is 108 Å². The van der Waals surface area contributed by atoms with E-state index in [1.54, 1.807) is 37.1 Å². The molecule has 3 amide bonds. The number of benzene rings is 3. The van der Waals surface area contributed by atoms with Crippen LogP contribution < -0.4 is 15.1 Å². The number of nitro groups is 1. The molecule has 4 N–H and O–H groups in total. The minimum Gasteiger partial charge on any atom is -0.480 e. The van der Waals surface area contributed by atoms with Gasteiger partial charge in [0.15, 0.2) is 27.2 Å². The molecule has 424 valence electrons. The van der Waals surface area contributed by atoms with Gasteiger partial charge in [-0.25, -0.2) is 18.1 Å². The molecule has 2 aliphatic carbocycles. The van der Waals surface area contributed by atoms with Crippen molar-refractivity contribution < 1.29 is 80.6 Å². The third kappa shape index (κ3) is 18.6. The van der Waals surface area contributed by atoms with Crippen LogP contribution in [0, 0.1) is 23.0 Å². The number of imide groups is 1. The number of para-hydroxylation sites is 1. The van der Waals surface area contributed by atoms with Gasteiger partial charge in [0.1, 0.15) is 16.8 Å². The average Bonchev–Trinajstić information content (AvgIpc) is 3.65. The fourth-order valence-electron chi connectivity index (χ4n) is 8.23. The molecular formula is C51H60Cl3N4O18PS. The number of carboxylic acids is 1. The summed E-state index contributed by atoms with van der Waals surface area (Å²) >= 11 is 17.9. The number of nitrogens with zero attached hydrogens (tertiary/aromatic N) is 3. The van der Waals surface area contributed by atoms with E-state index in [4.69, 9.17) is 59.2 Å². The number of carbonyl (C=O) groups is 8. The highest BCUT2D eigenvalue weighted by molar-refractivity contribution is 7.90. The zero-order valence-electron chi connectivity index (χ0n) is 43.4. The van der Waals surface area contributed by atoms with Crippen LogP contribution in [-0.4, -0.2) is 127 Å². The minimum absolute atomic E-state index is 0.0223. The van der Waals surface area contributed by atoms with E-state index in [1.807, 2.05) is 26.0 Å². The number of hydrogen-bond acceptors (Lipinski definition) is 16. The topological polar surface area (TPSA) is 329 Å². The lowest BCUT2D eigenvalue weighted by atomic mass is 9.81. The number of halogens is 3. The summed E-state index contributed by atoms with van der Waals surface area (Å²) in [5.74, 6) is -6.09. The van der Waals surface area contributed by atoms with Gasteiger partial charge in [-0.1, -0.05) is 48.3 Å². The number of alkyl halides is 1. The van der Waals surface area contributed by atoms with Crippen LogP contribution in [0.2, 0.25) is 5.02 Å². The molecule has 1 heterocycles. The fraction of sp³-hybridized carbons (Fsp3) is 0.412. The molecule has 0 aromatic heterocycles. The van der Waals surface area contributed by atoms with Crippen molar-refractivity contribution in [3.8, 4) is 0 Å². The second-order valence-electron chi connectivity index (χ2n) is 17.6. The van der Waals surface area contributed by atoms with E-state index >= 15 is 0 Å². The SMILES string of the molecule is CCOC(=O)/C(Cl)=C/c1cc(N2C(=O)C3=C(CCCC3)C2=O)ccc1Cl.CCc1cccc(C)c1N(C(=O)CCl)C(C)COC.CS(=O)(=O)c1ccc(C(=O)C2C(=O)CCCC2=O)c([N+](=O)[O-])c1.O=C(O)CNCP(=O)(O)O. The number of nitrogens with one attached hydrogen (secondary N) is 1. The Morgan fingerprint density at radius 2 is 1.56 bits per heavy atom. The van der Waals surface area contributed by atoms with Crippen LogP contribution in [0.4, 0.5) is 17.1 Å². The smallest absolute Gasteiger partial charge is 0.349 e. The predicted octanol–water partition coefficient (Wildman–Crippen LogP) is 7.31. The van der Waals surface area contributed by atoms with Gasteiger partial charge in [-0.3, -0.25) is 53.6 Å².